The molecule has 0 saturated carbocycles. The average Bonchev–Trinajstić information content (AvgIpc) is 2.39. The zero-order valence-electron chi connectivity index (χ0n) is 10.7. The zero-order valence-corrected chi connectivity index (χ0v) is 11.4. The Bertz CT molecular complexity index is 628. The third kappa shape index (κ3) is 3.33. The molecule has 1 amide bonds. The molecule has 0 aliphatic carbocycles. The molecule has 104 valence electrons. The van der Waals surface area contributed by atoms with Crippen LogP contribution >= 0.6 is 11.6 Å². The van der Waals surface area contributed by atoms with Gasteiger partial charge in [0.15, 0.2) is 0 Å². The van der Waals surface area contributed by atoms with Gasteiger partial charge < -0.3 is 5.32 Å². The van der Waals surface area contributed by atoms with Crippen LogP contribution in [0, 0.1) is 11.6 Å². The van der Waals surface area contributed by atoms with Gasteiger partial charge in [-0.1, -0.05) is 23.7 Å². The van der Waals surface area contributed by atoms with Crippen molar-refractivity contribution in [1.29, 1.82) is 0 Å². The van der Waals surface area contributed by atoms with E-state index in [1.54, 1.807) is 19.1 Å². The number of halogens is 3. The van der Waals surface area contributed by atoms with Crippen LogP contribution in [0.4, 0.5) is 8.78 Å². The fourth-order valence-electron chi connectivity index (χ4n) is 1.78. The summed E-state index contributed by atoms with van der Waals surface area (Å²) in [7, 11) is 0. The SMILES string of the molecule is CC(NC(=O)c1ccc(Cl)cc1F)c1ccc(F)cc1. The maximum absolute atomic E-state index is 13.6. The lowest BCUT2D eigenvalue weighted by Crippen LogP contribution is -2.27. The first-order valence-electron chi connectivity index (χ1n) is 5.99. The number of nitrogens with one attached hydrogen (secondary N) is 1. The maximum Gasteiger partial charge on any atom is 0.254 e. The summed E-state index contributed by atoms with van der Waals surface area (Å²) in [5.74, 6) is -1.58. The predicted octanol–water partition coefficient (Wildman–Crippen LogP) is 4.11. The fourth-order valence-corrected chi connectivity index (χ4v) is 1.94. The van der Waals surface area contributed by atoms with E-state index in [1.165, 1.54) is 24.3 Å². The molecule has 1 atom stereocenters. The molecule has 1 unspecified atom stereocenters. The van der Waals surface area contributed by atoms with Gasteiger partial charge in [0.2, 0.25) is 0 Å². The zero-order chi connectivity index (χ0) is 14.7. The first-order valence-corrected chi connectivity index (χ1v) is 6.36. The second kappa shape index (κ2) is 6.01. The van der Waals surface area contributed by atoms with E-state index in [4.69, 9.17) is 11.6 Å². The third-order valence-electron chi connectivity index (χ3n) is 2.89. The highest BCUT2D eigenvalue weighted by Crippen LogP contribution is 2.17. The molecule has 0 aliphatic heterocycles. The molecule has 0 spiro atoms. The molecule has 2 nitrogen and oxygen atoms in total. The highest BCUT2D eigenvalue weighted by Gasteiger charge is 2.15. The number of carbonyl (C=O) groups is 1. The van der Waals surface area contributed by atoms with Crippen LogP contribution in [0.1, 0.15) is 28.9 Å². The van der Waals surface area contributed by atoms with Crippen LogP contribution in [0.15, 0.2) is 42.5 Å². The number of benzene rings is 2. The molecule has 0 aromatic heterocycles. The van der Waals surface area contributed by atoms with Crippen molar-refractivity contribution >= 4 is 17.5 Å². The van der Waals surface area contributed by atoms with Crippen LogP contribution in [-0.4, -0.2) is 5.91 Å². The van der Waals surface area contributed by atoms with E-state index in [0.29, 0.717) is 0 Å². The van der Waals surface area contributed by atoms with Crippen molar-refractivity contribution in [3.63, 3.8) is 0 Å². The predicted molar refractivity (Wildman–Crippen MR) is 73.7 cm³/mol. The molecule has 2 aromatic rings. The van der Waals surface area contributed by atoms with Gasteiger partial charge in [-0.2, -0.15) is 0 Å². The average molecular weight is 296 g/mol. The first-order chi connectivity index (χ1) is 9.47. The molecule has 0 radical (unpaired) electrons. The molecule has 2 aromatic carbocycles. The van der Waals surface area contributed by atoms with Crippen molar-refractivity contribution < 1.29 is 13.6 Å². The Morgan fingerprint density at radius 1 is 1.15 bits per heavy atom. The highest BCUT2D eigenvalue weighted by atomic mass is 35.5. The molecule has 0 aliphatic rings. The van der Waals surface area contributed by atoms with E-state index in [9.17, 15) is 13.6 Å². The summed E-state index contributed by atoms with van der Waals surface area (Å²) in [5, 5.41) is 2.88. The van der Waals surface area contributed by atoms with Crippen molar-refractivity contribution in [3.05, 3.63) is 70.2 Å². The van der Waals surface area contributed by atoms with Crippen LogP contribution in [-0.2, 0) is 0 Å². The molecule has 2 rings (SSSR count). The lowest BCUT2D eigenvalue weighted by Gasteiger charge is -2.14. The third-order valence-corrected chi connectivity index (χ3v) is 3.13. The minimum absolute atomic E-state index is 0.0802. The van der Waals surface area contributed by atoms with Crippen LogP contribution in [0.5, 0.6) is 0 Å². The number of hydrogen-bond donors (Lipinski definition) is 1. The van der Waals surface area contributed by atoms with Gasteiger partial charge in [-0.25, -0.2) is 8.78 Å². The van der Waals surface area contributed by atoms with Gasteiger partial charge >= 0.3 is 0 Å². The maximum atomic E-state index is 13.6. The Morgan fingerprint density at radius 2 is 1.80 bits per heavy atom. The number of carbonyl (C=O) groups excluding carboxylic acids is 1. The molecule has 5 heteroatoms. The molecule has 0 bridgehead atoms. The van der Waals surface area contributed by atoms with Gasteiger partial charge in [-0.05, 0) is 42.8 Å². The van der Waals surface area contributed by atoms with Gasteiger partial charge in [-0.15, -0.1) is 0 Å². The Labute approximate surface area is 120 Å². The summed E-state index contributed by atoms with van der Waals surface area (Å²) in [6, 6.07) is 9.24. The molecular weight excluding hydrogens is 284 g/mol. The number of hydrogen-bond acceptors (Lipinski definition) is 1. The summed E-state index contributed by atoms with van der Waals surface area (Å²) in [6.07, 6.45) is 0. The first kappa shape index (κ1) is 14.5. The second-order valence-corrected chi connectivity index (χ2v) is 4.81. The smallest absolute Gasteiger partial charge is 0.254 e. The summed E-state index contributed by atoms with van der Waals surface area (Å²) >= 11 is 5.63. The van der Waals surface area contributed by atoms with E-state index in [-0.39, 0.29) is 22.4 Å². The van der Waals surface area contributed by atoms with E-state index < -0.39 is 11.7 Å². The minimum Gasteiger partial charge on any atom is -0.345 e. The van der Waals surface area contributed by atoms with Gasteiger partial charge in [0.1, 0.15) is 11.6 Å². The largest absolute Gasteiger partial charge is 0.345 e. The minimum atomic E-state index is -0.679. The molecule has 0 saturated heterocycles. The van der Waals surface area contributed by atoms with Gasteiger partial charge in [0, 0.05) is 5.02 Å². The Balaban J connectivity index is 2.13. The van der Waals surface area contributed by atoms with E-state index >= 15 is 0 Å². The number of amides is 1. The van der Waals surface area contributed by atoms with E-state index in [1.807, 2.05) is 0 Å². The second-order valence-electron chi connectivity index (χ2n) is 4.37. The summed E-state index contributed by atoms with van der Waals surface area (Å²) in [5.41, 5.74) is 0.650. The molecule has 0 heterocycles. The van der Waals surface area contributed by atoms with E-state index in [0.717, 1.165) is 11.6 Å². The molecule has 1 N–H and O–H groups in total. The standard InChI is InChI=1S/C15H12ClF2NO/c1-9(10-2-5-12(17)6-3-10)19-15(20)13-7-4-11(16)8-14(13)18/h2-9H,1H3,(H,19,20). The Morgan fingerprint density at radius 3 is 2.40 bits per heavy atom. The van der Waals surface area contributed by atoms with Crippen molar-refractivity contribution in [2.75, 3.05) is 0 Å². The monoisotopic (exact) mass is 295 g/mol. The van der Waals surface area contributed by atoms with Gasteiger partial charge in [0.25, 0.3) is 5.91 Å². The molecule has 20 heavy (non-hydrogen) atoms. The summed E-state index contributed by atoms with van der Waals surface area (Å²) in [6.45, 7) is 1.74. The van der Waals surface area contributed by atoms with Crippen molar-refractivity contribution in [1.82, 2.24) is 5.32 Å². The summed E-state index contributed by atoms with van der Waals surface area (Å²) < 4.78 is 26.4. The lowest BCUT2D eigenvalue weighted by atomic mass is 10.1. The summed E-state index contributed by atoms with van der Waals surface area (Å²) in [4.78, 5) is 12.0. The molecular formula is C15H12ClF2NO. The van der Waals surface area contributed by atoms with Crippen LogP contribution in [0.25, 0.3) is 0 Å². The van der Waals surface area contributed by atoms with Crippen molar-refractivity contribution in [2.45, 2.75) is 13.0 Å². The Kier molecular flexibility index (Phi) is 4.35. The quantitative estimate of drug-likeness (QED) is 0.907. The van der Waals surface area contributed by atoms with Crippen molar-refractivity contribution in [2.24, 2.45) is 0 Å². The van der Waals surface area contributed by atoms with Crippen LogP contribution < -0.4 is 5.32 Å². The lowest BCUT2D eigenvalue weighted by molar-refractivity contribution is 0.0936. The topological polar surface area (TPSA) is 29.1 Å². The molecule has 0 fully saturated rings. The van der Waals surface area contributed by atoms with Crippen molar-refractivity contribution in [3.8, 4) is 0 Å². The van der Waals surface area contributed by atoms with Crippen LogP contribution in [0.3, 0.4) is 0 Å². The van der Waals surface area contributed by atoms with Gasteiger partial charge in [-0.3, -0.25) is 4.79 Å². The number of rotatable bonds is 3. The van der Waals surface area contributed by atoms with E-state index in [2.05, 4.69) is 5.32 Å². The van der Waals surface area contributed by atoms with Gasteiger partial charge in [0.05, 0.1) is 11.6 Å². The highest BCUT2D eigenvalue weighted by molar-refractivity contribution is 6.30. The normalized spacial score (nSPS) is 12.0. The van der Waals surface area contributed by atoms with Crippen LogP contribution in [0.2, 0.25) is 5.02 Å². The Hall–Kier alpha value is -1.94. The fraction of sp³-hybridized carbons (Fsp3) is 0.133.